The van der Waals surface area contributed by atoms with Crippen LogP contribution in [-0.2, 0) is 6.54 Å². The quantitative estimate of drug-likeness (QED) is 0.922. The van der Waals surface area contributed by atoms with Gasteiger partial charge in [0.2, 0.25) is 0 Å². The summed E-state index contributed by atoms with van der Waals surface area (Å²) in [6.45, 7) is 8.70. The fourth-order valence-corrected chi connectivity index (χ4v) is 3.23. The van der Waals surface area contributed by atoms with Crippen LogP contribution in [0.2, 0.25) is 5.02 Å². The van der Waals surface area contributed by atoms with Crippen LogP contribution in [0, 0.1) is 0 Å². The summed E-state index contributed by atoms with van der Waals surface area (Å²) in [5.41, 5.74) is 2.75. The minimum absolute atomic E-state index is 0.196. The van der Waals surface area contributed by atoms with E-state index in [1.807, 2.05) is 6.07 Å². The van der Waals surface area contributed by atoms with E-state index in [4.69, 9.17) is 11.6 Å². The monoisotopic (exact) mass is 307 g/mol. The van der Waals surface area contributed by atoms with Gasteiger partial charge in [-0.05, 0) is 45.9 Å². The Morgan fingerprint density at radius 1 is 1.29 bits per heavy atom. The first-order valence-electron chi connectivity index (χ1n) is 7.94. The Labute approximate surface area is 133 Å². The zero-order chi connectivity index (χ0) is 15.0. The fraction of sp³-hybridized carbons (Fsp3) is 0.647. The second kappa shape index (κ2) is 5.79. The lowest BCUT2D eigenvalue weighted by molar-refractivity contribution is 0.139. The van der Waals surface area contributed by atoms with Gasteiger partial charge in [-0.2, -0.15) is 0 Å². The molecule has 0 spiro atoms. The number of nitrogens with zero attached hydrogens (tertiary/aromatic N) is 2. The first-order valence-corrected chi connectivity index (χ1v) is 8.32. The number of benzene rings is 1. The Kier molecular flexibility index (Phi) is 4.17. The highest BCUT2D eigenvalue weighted by atomic mass is 35.5. The second-order valence-electron chi connectivity index (χ2n) is 7.05. The van der Waals surface area contributed by atoms with Crippen LogP contribution in [0.25, 0.3) is 0 Å². The Morgan fingerprint density at radius 2 is 2.05 bits per heavy atom. The predicted octanol–water partition coefficient (Wildman–Crippen LogP) is 3.12. The van der Waals surface area contributed by atoms with Crippen molar-refractivity contribution in [3.8, 4) is 0 Å². The molecule has 1 aliphatic carbocycles. The van der Waals surface area contributed by atoms with Crippen LogP contribution in [0.1, 0.15) is 32.3 Å². The van der Waals surface area contributed by atoms with Crippen LogP contribution in [0.4, 0.5) is 5.69 Å². The molecule has 1 aromatic carbocycles. The van der Waals surface area contributed by atoms with Gasteiger partial charge < -0.3 is 10.2 Å². The third kappa shape index (κ3) is 3.36. The lowest BCUT2D eigenvalue weighted by Gasteiger charge is -2.46. The molecule has 0 aromatic heterocycles. The molecule has 3 nitrogen and oxygen atoms in total. The maximum Gasteiger partial charge on any atom is 0.0471 e. The van der Waals surface area contributed by atoms with Crippen molar-refractivity contribution in [1.29, 1.82) is 0 Å². The molecule has 0 atom stereocenters. The molecule has 21 heavy (non-hydrogen) atoms. The van der Waals surface area contributed by atoms with Gasteiger partial charge in [-0.25, -0.2) is 0 Å². The minimum atomic E-state index is 0.196. The molecule has 1 heterocycles. The molecule has 1 saturated carbocycles. The van der Waals surface area contributed by atoms with E-state index in [0.717, 1.165) is 31.2 Å². The number of likely N-dealkylation sites (N-methyl/N-ethyl adjacent to an activating group) is 1. The molecule has 0 unspecified atom stereocenters. The van der Waals surface area contributed by atoms with Crippen molar-refractivity contribution in [3.05, 3.63) is 28.8 Å². The normalized spacial score (nSPS) is 22.6. The number of halogens is 1. The average Bonchev–Trinajstić information content (AvgIpc) is 3.24. The van der Waals surface area contributed by atoms with Crippen LogP contribution < -0.4 is 10.2 Å². The average molecular weight is 308 g/mol. The third-order valence-corrected chi connectivity index (χ3v) is 5.25. The van der Waals surface area contributed by atoms with E-state index in [-0.39, 0.29) is 5.54 Å². The van der Waals surface area contributed by atoms with Crippen molar-refractivity contribution in [2.75, 3.05) is 31.6 Å². The Balaban J connectivity index is 1.81. The zero-order valence-electron chi connectivity index (χ0n) is 13.3. The summed E-state index contributed by atoms with van der Waals surface area (Å²) >= 11 is 6.48. The Bertz CT molecular complexity index is 511. The van der Waals surface area contributed by atoms with Crippen LogP contribution in [0.5, 0.6) is 0 Å². The number of anilines is 1. The number of piperazine rings is 1. The van der Waals surface area contributed by atoms with Crippen LogP contribution >= 0.6 is 11.6 Å². The summed E-state index contributed by atoms with van der Waals surface area (Å²) in [6.07, 6.45) is 2.61. The molecule has 0 amide bonds. The summed E-state index contributed by atoms with van der Waals surface area (Å²) < 4.78 is 0. The first-order chi connectivity index (χ1) is 9.97. The molecule has 1 N–H and O–H groups in total. The summed E-state index contributed by atoms with van der Waals surface area (Å²) in [5.74, 6) is 0. The summed E-state index contributed by atoms with van der Waals surface area (Å²) in [6, 6.07) is 7.01. The molecule has 1 aliphatic heterocycles. The van der Waals surface area contributed by atoms with Crippen molar-refractivity contribution in [3.63, 3.8) is 0 Å². The highest BCUT2D eigenvalue weighted by Crippen LogP contribution is 2.32. The number of hydrogen-bond donors (Lipinski definition) is 1. The number of hydrogen-bond acceptors (Lipinski definition) is 3. The highest BCUT2D eigenvalue weighted by molar-refractivity contribution is 6.31. The van der Waals surface area contributed by atoms with Crippen LogP contribution in [-0.4, -0.2) is 43.2 Å². The molecule has 2 fully saturated rings. The largest absolute Gasteiger partial charge is 0.368 e. The van der Waals surface area contributed by atoms with Gasteiger partial charge in [-0.15, -0.1) is 0 Å². The number of rotatable bonds is 4. The Morgan fingerprint density at radius 3 is 2.71 bits per heavy atom. The van der Waals surface area contributed by atoms with Gasteiger partial charge in [0.05, 0.1) is 0 Å². The second-order valence-corrected chi connectivity index (χ2v) is 7.46. The molecule has 4 heteroatoms. The van der Waals surface area contributed by atoms with Gasteiger partial charge >= 0.3 is 0 Å². The maximum absolute atomic E-state index is 6.48. The van der Waals surface area contributed by atoms with Crippen molar-refractivity contribution in [2.24, 2.45) is 0 Å². The number of nitrogens with one attached hydrogen (secondary N) is 1. The molecular weight excluding hydrogens is 282 g/mol. The molecule has 1 saturated heterocycles. The SMILES string of the molecule is CN1CCN(c2cccc(Cl)c2CNC2CC2)CC1(C)C. The molecule has 1 aromatic rings. The zero-order valence-corrected chi connectivity index (χ0v) is 14.1. The molecule has 3 rings (SSSR count). The van der Waals surface area contributed by atoms with Gasteiger partial charge in [0.15, 0.2) is 0 Å². The lowest BCUT2D eigenvalue weighted by atomic mass is 9.98. The molecule has 0 bridgehead atoms. The summed E-state index contributed by atoms with van der Waals surface area (Å²) in [4.78, 5) is 4.94. The van der Waals surface area contributed by atoms with Crippen molar-refractivity contribution in [1.82, 2.24) is 10.2 Å². The van der Waals surface area contributed by atoms with E-state index in [9.17, 15) is 0 Å². The van der Waals surface area contributed by atoms with Gasteiger partial charge in [0, 0.05) is 54.0 Å². The van der Waals surface area contributed by atoms with E-state index < -0.39 is 0 Å². The van der Waals surface area contributed by atoms with E-state index in [0.29, 0.717) is 6.04 Å². The smallest absolute Gasteiger partial charge is 0.0471 e. The summed E-state index contributed by atoms with van der Waals surface area (Å²) in [5, 5.41) is 4.49. The van der Waals surface area contributed by atoms with Gasteiger partial charge in [-0.3, -0.25) is 4.90 Å². The fourth-order valence-electron chi connectivity index (χ4n) is 3.00. The van der Waals surface area contributed by atoms with Crippen molar-refractivity contribution < 1.29 is 0 Å². The molecule has 2 aliphatic rings. The van der Waals surface area contributed by atoms with Gasteiger partial charge in [-0.1, -0.05) is 17.7 Å². The van der Waals surface area contributed by atoms with Crippen molar-refractivity contribution in [2.45, 2.75) is 44.8 Å². The topological polar surface area (TPSA) is 18.5 Å². The highest BCUT2D eigenvalue weighted by Gasteiger charge is 2.32. The van der Waals surface area contributed by atoms with Gasteiger partial charge in [0.25, 0.3) is 0 Å². The van der Waals surface area contributed by atoms with Crippen LogP contribution in [0.15, 0.2) is 18.2 Å². The van der Waals surface area contributed by atoms with Crippen molar-refractivity contribution >= 4 is 17.3 Å². The molecular formula is C17H26ClN3. The van der Waals surface area contributed by atoms with Crippen LogP contribution in [0.3, 0.4) is 0 Å². The minimum Gasteiger partial charge on any atom is -0.368 e. The third-order valence-electron chi connectivity index (χ3n) is 4.90. The van der Waals surface area contributed by atoms with E-state index in [2.05, 4.69) is 48.1 Å². The van der Waals surface area contributed by atoms with E-state index >= 15 is 0 Å². The molecule has 0 radical (unpaired) electrons. The first kappa shape index (κ1) is 15.1. The summed E-state index contributed by atoms with van der Waals surface area (Å²) in [7, 11) is 2.21. The van der Waals surface area contributed by atoms with E-state index in [1.165, 1.54) is 24.1 Å². The maximum atomic E-state index is 6.48. The Hall–Kier alpha value is -0.770. The van der Waals surface area contributed by atoms with Gasteiger partial charge in [0.1, 0.15) is 0 Å². The lowest BCUT2D eigenvalue weighted by Crippen LogP contribution is -2.57. The van der Waals surface area contributed by atoms with E-state index in [1.54, 1.807) is 0 Å². The molecule has 116 valence electrons. The standard InChI is InChI=1S/C17H26ClN3/c1-17(2)12-21(10-9-20(17)3)16-6-4-5-15(18)14(16)11-19-13-7-8-13/h4-6,13,19H,7-12H2,1-3H3. The predicted molar refractivity (Wildman–Crippen MR) is 90.2 cm³/mol.